The second-order valence-corrected chi connectivity index (χ2v) is 4.92. The van der Waals surface area contributed by atoms with Gasteiger partial charge in [0.1, 0.15) is 0 Å². The molecule has 0 aromatic heterocycles. The number of aliphatic carboxylic acids is 2. The molecule has 92 valence electrons. The molecule has 0 aliphatic rings. The van der Waals surface area contributed by atoms with E-state index >= 15 is 0 Å². The fourth-order valence-corrected chi connectivity index (χ4v) is 1.26. The zero-order valence-corrected chi connectivity index (χ0v) is 9.89. The Bertz CT molecular complexity index is 295. The van der Waals surface area contributed by atoms with Crippen LogP contribution in [0.1, 0.15) is 27.7 Å². The summed E-state index contributed by atoms with van der Waals surface area (Å²) in [5, 5.41) is 27.1. The maximum Gasteiger partial charge on any atom is 0.318 e. The van der Waals surface area contributed by atoms with Crippen molar-refractivity contribution in [3.05, 3.63) is 12.2 Å². The molecule has 0 rings (SSSR count). The molecule has 0 aliphatic heterocycles. The summed E-state index contributed by atoms with van der Waals surface area (Å²) in [6, 6.07) is 0. The van der Waals surface area contributed by atoms with E-state index in [9.17, 15) is 14.7 Å². The van der Waals surface area contributed by atoms with Crippen molar-refractivity contribution in [2.24, 2.45) is 11.3 Å². The molecule has 0 aromatic rings. The van der Waals surface area contributed by atoms with Crippen molar-refractivity contribution >= 4 is 11.9 Å². The van der Waals surface area contributed by atoms with Crippen LogP contribution in [0.2, 0.25) is 0 Å². The minimum atomic E-state index is -1.54. The molecule has 0 saturated heterocycles. The van der Waals surface area contributed by atoms with E-state index in [1.54, 1.807) is 0 Å². The van der Waals surface area contributed by atoms with Gasteiger partial charge in [-0.2, -0.15) is 0 Å². The predicted molar refractivity (Wildman–Crippen MR) is 58.0 cm³/mol. The van der Waals surface area contributed by atoms with Gasteiger partial charge in [0.2, 0.25) is 0 Å². The molecule has 0 unspecified atom stereocenters. The second-order valence-electron chi connectivity index (χ2n) is 4.92. The third-order valence-electron chi connectivity index (χ3n) is 2.16. The van der Waals surface area contributed by atoms with E-state index in [-0.39, 0.29) is 0 Å². The second kappa shape index (κ2) is 4.65. The highest BCUT2D eigenvalue weighted by atomic mass is 16.4. The van der Waals surface area contributed by atoms with Gasteiger partial charge in [0, 0.05) is 5.41 Å². The number of aliphatic hydroxyl groups is 1. The summed E-state index contributed by atoms with van der Waals surface area (Å²) in [6.07, 6.45) is 2.81. The van der Waals surface area contributed by atoms with Crippen molar-refractivity contribution in [3.8, 4) is 0 Å². The number of carboxylic acid groups (broad SMARTS) is 2. The van der Waals surface area contributed by atoms with Crippen molar-refractivity contribution in [3.63, 3.8) is 0 Å². The molecule has 0 atom stereocenters. The molecule has 0 saturated carbocycles. The smallest absolute Gasteiger partial charge is 0.318 e. The van der Waals surface area contributed by atoms with Gasteiger partial charge in [-0.3, -0.25) is 9.59 Å². The highest BCUT2D eigenvalue weighted by molar-refractivity contribution is 5.94. The first kappa shape index (κ1) is 14.6. The largest absolute Gasteiger partial charge is 0.481 e. The number of allylic oxidation sites excluding steroid dienone is 1. The molecule has 0 spiro atoms. The molecule has 0 amide bonds. The van der Waals surface area contributed by atoms with Gasteiger partial charge in [-0.25, -0.2) is 0 Å². The maximum atomic E-state index is 10.8. The Morgan fingerprint density at radius 1 is 1.00 bits per heavy atom. The first-order valence-corrected chi connectivity index (χ1v) is 4.86. The van der Waals surface area contributed by atoms with Gasteiger partial charge in [0.15, 0.2) is 5.92 Å². The van der Waals surface area contributed by atoms with Crippen LogP contribution in [0.4, 0.5) is 0 Å². The van der Waals surface area contributed by atoms with Crippen LogP contribution in [0.25, 0.3) is 0 Å². The molecule has 5 heteroatoms. The Labute approximate surface area is 94.4 Å². The van der Waals surface area contributed by atoms with Crippen LogP contribution >= 0.6 is 0 Å². The minimum Gasteiger partial charge on any atom is -0.481 e. The molecule has 16 heavy (non-hydrogen) atoms. The van der Waals surface area contributed by atoms with Crippen LogP contribution < -0.4 is 0 Å². The molecule has 5 nitrogen and oxygen atoms in total. The highest BCUT2D eigenvalue weighted by Gasteiger charge is 2.39. The van der Waals surface area contributed by atoms with E-state index in [0.717, 1.165) is 0 Å². The topological polar surface area (TPSA) is 94.8 Å². The molecule has 0 radical (unpaired) electrons. The summed E-state index contributed by atoms with van der Waals surface area (Å²) in [6.45, 7) is 6.05. The van der Waals surface area contributed by atoms with Crippen molar-refractivity contribution < 1.29 is 24.9 Å². The highest BCUT2D eigenvalue weighted by Crippen LogP contribution is 2.30. The van der Waals surface area contributed by atoms with E-state index < -0.39 is 28.9 Å². The molecule has 0 aliphatic carbocycles. The average Bonchev–Trinajstić information content (AvgIpc) is 1.97. The molecule has 0 bridgehead atoms. The number of rotatable bonds is 5. The quantitative estimate of drug-likeness (QED) is 0.486. The summed E-state index contributed by atoms with van der Waals surface area (Å²) < 4.78 is 0. The monoisotopic (exact) mass is 230 g/mol. The van der Waals surface area contributed by atoms with Crippen LogP contribution in [0, 0.1) is 11.3 Å². The van der Waals surface area contributed by atoms with Crippen molar-refractivity contribution in [2.75, 3.05) is 0 Å². The lowest BCUT2D eigenvalue weighted by Gasteiger charge is -2.26. The third kappa shape index (κ3) is 4.44. The number of carboxylic acids is 2. The van der Waals surface area contributed by atoms with E-state index in [1.165, 1.54) is 39.8 Å². The van der Waals surface area contributed by atoms with Gasteiger partial charge in [0.05, 0.1) is 5.60 Å². The Morgan fingerprint density at radius 3 is 1.62 bits per heavy atom. The fourth-order valence-electron chi connectivity index (χ4n) is 1.26. The Morgan fingerprint density at radius 2 is 1.38 bits per heavy atom. The molecule has 0 heterocycles. The Hall–Kier alpha value is -1.36. The molecular formula is C11H18O5. The van der Waals surface area contributed by atoms with Crippen LogP contribution in [-0.2, 0) is 9.59 Å². The van der Waals surface area contributed by atoms with Crippen molar-refractivity contribution in [1.82, 2.24) is 0 Å². The number of hydrogen-bond donors (Lipinski definition) is 3. The van der Waals surface area contributed by atoms with E-state index in [1.807, 2.05) is 0 Å². The van der Waals surface area contributed by atoms with E-state index in [4.69, 9.17) is 10.2 Å². The molecular weight excluding hydrogens is 212 g/mol. The van der Waals surface area contributed by atoms with Gasteiger partial charge in [-0.1, -0.05) is 26.0 Å². The number of carbonyl (C=O) groups is 2. The van der Waals surface area contributed by atoms with Gasteiger partial charge < -0.3 is 15.3 Å². The van der Waals surface area contributed by atoms with Gasteiger partial charge >= 0.3 is 11.9 Å². The van der Waals surface area contributed by atoms with Crippen LogP contribution in [0.15, 0.2) is 12.2 Å². The van der Waals surface area contributed by atoms with Crippen LogP contribution in [-0.4, -0.2) is 32.9 Å². The van der Waals surface area contributed by atoms with Crippen LogP contribution in [0.5, 0.6) is 0 Å². The number of hydrogen-bond acceptors (Lipinski definition) is 3. The van der Waals surface area contributed by atoms with Crippen molar-refractivity contribution in [1.29, 1.82) is 0 Å². The van der Waals surface area contributed by atoms with E-state index in [0.29, 0.717) is 0 Å². The third-order valence-corrected chi connectivity index (χ3v) is 2.16. The molecule has 3 N–H and O–H groups in total. The predicted octanol–water partition coefficient (Wildman–Crippen LogP) is 1.13. The Kier molecular flexibility index (Phi) is 4.26. The molecule has 0 fully saturated rings. The van der Waals surface area contributed by atoms with E-state index in [2.05, 4.69) is 0 Å². The van der Waals surface area contributed by atoms with Gasteiger partial charge in [-0.05, 0) is 13.8 Å². The SMILES string of the molecule is CC(C)(O)C=CC(C)(C)C(C(=O)O)C(=O)O. The summed E-state index contributed by atoms with van der Waals surface area (Å²) in [5.41, 5.74) is -2.17. The first-order chi connectivity index (χ1) is 6.97. The fraction of sp³-hybridized carbons (Fsp3) is 0.636. The summed E-state index contributed by atoms with van der Waals surface area (Å²) in [4.78, 5) is 21.7. The summed E-state index contributed by atoms with van der Waals surface area (Å²) >= 11 is 0. The van der Waals surface area contributed by atoms with Gasteiger partial charge in [0.25, 0.3) is 0 Å². The lowest BCUT2D eigenvalue weighted by Crippen LogP contribution is -2.36. The molecule has 0 aromatic carbocycles. The standard InChI is InChI=1S/C11H18O5/c1-10(2,5-6-11(3,4)16)7(8(12)13)9(14)15/h5-7,16H,1-4H3,(H,12,13)(H,14,15). The summed E-state index contributed by atoms with van der Waals surface area (Å²) in [7, 11) is 0. The average molecular weight is 230 g/mol. The lowest BCUT2D eigenvalue weighted by atomic mass is 9.78. The van der Waals surface area contributed by atoms with Gasteiger partial charge in [-0.15, -0.1) is 0 Å². The normalized spacial score (nSPS) is 13.4. The minimum absolute atomic E-state index is 1.07. The zero-order valence-electron chi connectivity index (χ0n) is 9.89. The van der Waals surface area contributed by atoms with Crippen molar-refractivity contribution in [2.45, 2.75) is 33.3 Å². The van der Waals surface area contributed by atoms with Crippen LogP contribution in [0.3, 0.4) is 0 Å². The maximum absolute atomic E-state index is 10.8. The summed E-state index contributed by atoms with van der Waals surface area (Å²) in [5.74, 6) is -4.32. The Balaban J connectivity index is 5.09. The lowest BCUT2D eigenvalue weighted by molar-refractivity contribution is -0.158. The first-order valence-electron chi connectivity index (χ1n) is 4.86. The zero-order chi connectivity index (χ0) is 13.1.